The monoisotopic (exact) mass is 444 g/mol. The lowest BCUT2D eigenvalue weighted by atomic mass is 9.70. The van der Waals surface area contributed by atoms with E-state index in [1.165, 1.54) is 11.3 Å². The molecule has 0 fully saturated rings. The Morgan fingerprint density at radius 3 is 2.43 bits per heavy atom. The van der Waals surface area contributed by atoms with E-state index in [4.69, 9.17) is 11.6 Å². The highest BCUT2D eigenvalue weighted by molar-refractivity contribution is 7.16. The van der Waals surface area contributed by atoms with Gasteiger partial charge in [0.2, 0.25) is 0 Å². The molecule has 162 valence electrons. The molecule has 2 aromatic rings. The molecule has 1 aromatic heterocycles. The lowest BCUT2D eigenvalue weighted by molar-refractivity contribution is -0.118. The highest BCUT2D eigenvalue weighted by Gasteiger charge is 2.41. The minimum atomic E-state index is -0.0295. The van der Waals surface area contributed by atoms with Crippen molar-refractivity contribution in [2.45, 2.75) is 60.3 Å². The third-order valence-corrected chi connectivity index (χ3v) is 7.15. The Morgan fingerprint density at radius 1 is 1.13 bits per heavy atom. The summed E-state index contributed by atoms with van der Waals surface area (Å²) in [4.78, 5) is 16.7. The number of carbonyl (C=O) groups excluding carboxylic acids is 1. The Balaban J connectivity index is 0.00000124. The van der Waals surface area contributed by atoms with Crippen LogP contribution < -0.4 is 10.2 Å². The topological polar surface area (TPSA) is 32.3 Å². The molecule has 0 radical (unpaired) electrons. The van der Waals surface area contributed by atoms with E-state index in [9.17, 15) is 4.79 Å². The minimum absolute atomic E-state index is 0.0193. The molecule has 5 heteroatoms. The fraction of sp³-hybridized carbons (Fsp3) is 0.480. The highest BCUT2D eigenvalue weighted by Crippen LogP contribution is 2.51. The lowest BCUT2D eigenvalue weighted by Gasteiger charge is -2.39. The van der Waals surface area contributed by atoms with Crippen molar-refractivity contribution in [3.63, 3.8) is 0 Å². The Labute approximate surface area is 190 Å². The summed E-state index contributed by atoms with van der Waals surface area (Å²) in [5, 5.41) is 3.64. The van der Waals surface area contributed by atoms with Crippen LogP contribution in [0.2, 0.25) is 4.34 Å². The fourth-order valence-corrected chi connectivity index (χ4v) is 5.76. The lowest BCUT2D eigenvalue weighted by Crippen LogP contribution is -2.33. The predicted molar refractivity (Wildman–Crippen MR) is 131 cm³/mol. The van der Waals surface area contributed by atoms with Crippen LogP contribution in [0.4, 0.5) is 11.4 Å². The van der Waals surface area contributed by atoms with Gasteiger partial charge in [0.1, 0.15) is 0 Å². The van der Waals surface area contributed by atoms with E-state index in [2.05, 4.69) is 62.2 Å². The van der Waals surface area contributed by atoms with E-state index < -0.39 is 0 Å². The standard InChI is InChI=1S/C23H27ClN2OS.C2H6/c1-5-26(6-2)14-7-8-15-16(11-14)25-17-12-23(3,4)13-18(27)22(17)21(15)19-9-10-20(24)28-19;1-2/h7-11,21,25H,5-6,12-13H2,1-4H3;1-2H3. The summed E-state index contributed by atoms with van der Waals surface area (Å²) in [6.07, 6.45) is 1.48. The second-order valence-electron chi connectivity index (χ2n) is 8.48. The molecule has 4 rings (SSSR count). The van der Waals surface area contributed by atoms with Crippen molar-refractivity contribution >= 4 is 40.1 Å². The molecule has 0 spiro atoms. The highest BCUT2D eigenvalue weighted by atomic mass is 35.5. The molecule has 0 bridgehead atoms. The van der Waals surface area contributed by atoms with Crippen LogP contribution in [0.5, 0.6) is 0 Å². The largest absolute Gasteiger partial charge is 0.372 e. The summed E-state index contributed by atoms with van der Waals surface area (Å²) in [6.45, 7) is 14.6. The van der Waals surface area contributed by atoms with Crippen molar-refractivity contribution in [1.82, 2.24) is 0 Å². The Bertz CT molecular complexity index is 956. The molecule has 1 aliphatic carbocycles. The number of hydrogen-bond acceptors (Lipinski definition) is 4. The fourth-order valence-electron chi connectivity index (χ4n) is 4.57. The normalized spacial score (nSPS) is 19.3. The molecule has 0 saturated carbocycles. The van der Waals surface area contributed by atoms with Crippen molar-refractivity contribution in [2.24, 2.45) is 5.41 Å². The van der Waals surface area contributed by atoms with Gasteiger partial charge in [-0.1, -0.05) is 45.4 Å². The van der Waals surface area contributed by atoms with Crippen molar-refractivity contribution in [2.75, 3.05) is 23.3 Å². The summed E-state index contributed by atoms with van der Waals surface area (Å²) in [6, 6.07) is 10.6. The maximum absolute atomic E-state index is 13.2. The van der Waals surface area contributed by atoms with E-state index in [-0.39, 0.29) is 17.1 Å². The second-order valence-corrected chi connectivity index (χ2v) is 10.2. The van der Waals surface area contributed by atoms with Crippen molar-refractivity contribution in [1.29, 1.82) is 0 Å². The molecule has 30 heavy (non-hydrogen) atoms. The van der Waals surface area contributed by atoms with Crippen LogP contribution >= 0.6 is 22.9 Å². The number of nitrogens with one attached hydrogen (secondary N) is 1. The number of nitrogens with zero attached hydrogens (tertiary/aromatic N) is 1. The number of ketones is 1. The summed E-state index contributed by atoms with van der Waals surface area (Å²) >= 11 is 7.84. The molecule has 1 aromatic carbocycles. The number of halogens is 1. The third kappa shape index (κ3) is 4.31. The molecular formula is C25H33ClN2OS. The summed E-state index contributed by atoms with van der Waals surface area (Å²) < 4.78 is 0.764. The average molecular weight is 445 g/mol. The number of rotatable bonds is 4. The van der Waals surface area contributed by atoms with E-state index in [0.717, 1.165) is 45.7 Å². The van der Waals surface area contributed by atoms with Crippen LogP contribution in [0.25, 0.3) is 0 Å². The summed E-state index contributed by atoms with van der Waals surface area (Å²) in [5.41, 5.74) is 5.49. The Morgan fingerprint density at radius 2 is 1.83 bits per heavy atom. The minimum Gasteiger partial charge on any atom is -0.372 e. The number of Topliss-reactive ketones (excluding diaryl/α,β-unsaturated/α-hetero) is 1. The first kappa shape index (κ1) is 22.9. The van der Waals surface area contributed by atoms with Crippen molar-refractivity contribution in [3.8, 4) is 0 Å². The van der Waals surface area contributed by atoms with Gasteiger partial charge in [-0.15, -0.1) is 11.3 Å². The molecular weight excluding hydrogens is 412 g/mol. The zero-order valence-corrected chi connectivity index (χ0v) is 20.5. The smallest absolute Gasteiger partial charge is 0.162 e. The number of anilines is 2. The van der Waals surface area contributed by atoms with Gasteiger partial charge in [-0.05, 0) is 55.5 Å². The first-order chi connectivity index (χ1) is 14.3. The van der Waals surface area contributed by atoms with Gasteiger partial charge in [0.05, 0.1) is 10.3 Å². The maximum atomic E-state index is 13.2. The zero-order valence-electron chi connectivity index (χ0n) is 18.9. The van der Waals surface area contributed by atoms with Crippen molar-refractivity contribution < 1.29 is 4.79 Å². The number of fused-ring (bicyclic) bond motifs is 1. The Hall–Kier alpha value is -1.78. The second kappa shape index (κ2) is 9.15. The van der Waals surface area contributed by atoms with Crippen LogP contribution in [0, 0.1) is 5.41 Å². The molecule has 0 amide bonds. The van der Waals surface area contributed by atoms with Gasteiger partial charge in [0.25, 0.3) is 0 Å². The molecule has 3 nitrogen and oxygen atoms in total. The van der Waals surface area contributed by atoms with Gasteiger partial charge in [0.15, 0.2) is 5.78 Å². The van der Waals surface area contributed by atoms with Crippen molar-refractivity contribution in [3.05, 3.63) is 56.4 Å². The molecule has 0 saturated heterocycles. The number of hydrogen-bond donors (Lipinski definition) is 1. The van der Waals surface area contributed by atoms with Gasteiger partial charge < -0.3 is 10.2 Å². The molecule has 2 aliphatic rings. The predicted octanol–water partition coefficient (Wildman–Crippen LogP) is 7.47. The van der Waals surface area contributed by atoms with Gasteiger partial charge in [-0.2, -0.15) is 0 Å². The van der Waals surface area contributed by atoms with Gasteiger partial charge in [-0.25, -0.2) is 0 Å². The molecule has 1 atom stereocenters. The van der Waals surface area contributed by atoms with Crippen LogP contribution in [0.3, 0.4) is 0 Å². The van der Waals surface area contributed by atoms with Crippen LogP contribution in [-0.4, -0.2) is 18.9 Å². The van der Waals surface area contributed by atoms with Gasteiger partial charge in [-0.3, -0.25) is 4.79 Å². The van der Waals surface area contributed by atoms with Crippen LogP contribution in [-0.2, 0) is 4.79 Å². The van der Waals surface area contributed by atoms with E-state index in [1.54, 1.807) is 11.3 Å². The zero-order chi connectivity index (χ0) is 22.1. The van der Waals surface area contributed by atoms with E-state index >= 15 is 0 Å². The van der Waals surface area contributed by atoms with E-state index in [0.29, 0.717) is 6.42 Å². The van der Waals surface area contributed by atoms with E-state index in [1.807, 2.05) is 19.9 Å². The number of benzene rings is 1. The number of carbonyl (C=O) groups is 1. The quantitative estimate of drug-likeness (QED) is 0.530. The maximum Gasteiger partial charge on any atom is 0.162 e. The number of allylic oxidation sites excluding steroid dienone is 2. The van der Waals surface area contributed by atoms with Gasteiger partial charge >= 0.3 is 0 Å². The Kier molecular flexibility index (Phi) is 6.98. The molecule has 1 aliphatic heterocycles. The molecule has 1 N–H and O–H groups in total. The average Bonchev–Trinajstić information content (AvgIpc) is 3.13. The SMILES string of the molecule is CC.CCN(CC)c1ccc2c(c1)NC1=C(C(=O)CC(C)(C)C1)C2c1ccc(Cl)s1. The summed E-state index contributed by atoms with van der Waals surface area (Å²) in [5.74, 6) is 0.227. The molecule has 1 unspecified atom stereocenters. The summed E-state index contributed by atoms with van der Waals surface area (Å²) in [7, 11) is 0. The molecule has 2 heterocycles. The van der Waals surface area contributed by atoms with Gasteiger partial charge in [0, 0.05) is 47.0 Å². The number of thiophene rings is 1. The third-order valence-electron chi connectivity index (χ3n) is 5.85. The first-order valence-electron chi connectivity index (χ1n) is 11.0. The van der Waals surface area contributed by atoms with Crippen LogP contribution in [0.15, 0.2) is 41.6 Å². The van der Waals surface area contributed by atoms with Crippen LogP contribution in [0.1, 0.15) is 70.7 Å². The first-order valence-corrected chi connectivity index (χ1v) is 12.2.